The van der Waals surface area contributed by atoms with Crippen LogP contribution >= 0.6 is 0 Å². The SMILES string of the molecule is CCCOCC(CC(C)C(C)(C)C)NCC. The lowest BCUT2D eigenvalue weighted by molar-refractivity contribution is 0.0956. The van der Waals surface area contributed by atoms with Gasteiger partial charge in [-0.3, -0.25) is 0 Å². The third kappa shape index (κ3) is 7.24. The molecule has 0 aromatic rings. The maximum atomic E-state index is 5.65. The van der Waals surface area contributed by atoms with Gasteiger partial charge in [0, 0.05) is 12.6 Å². The van der Waals surface area contributed by atoms with Crippen LogP contribution in [0.2, 0.25) is 0 Å². The van der Waals surface area contributed by atoms with Gasteiger partial charge >= 0.3 is 0 Å². The molecule has 0 radical (unpaired) electrons. The normalized spacial score (nSPS) is 16.1. The van der Waals surface area contributed by atoms with Crippen molar-refractivity contribution in [3.05, 3.63) is 0 Å². The quantitative estimate of drug-likeness (QED) is 0.644. The van der Waals surface area contributed by atoms with E-state index in [1.807, 2.05) is 0 Å². The van der Waals surface area contributed by atoms with Gasteiger partial charge in [0.25, 0.3) is 0 Å². The number of hydrogen-bond acceptors (Lipinski definition) is 2. The monoisotopic (exact) mass is 229 g/mol. The van der Waals surface area contributed by atoms with Crippen LogP contribution in [0, 0.1) is 11.3 Å². The Kier molecular flexibility index (Phi) is 8.04. The van der Waals surface area contributed by atoms with E-state index in [1.54, 1.807) is 0 Å². The van der Waals surface area contributed by atoms with Crippen LogP contribution in [0.1, 0.15) is 54.4 Å². The minimum atomic E-state index is 0.387. The highest BCUT2D eigenvalue weighted by Crippen LogP contribution is 2.29. The maximum Gasteiger partial charge on any atom is 0.0619 e. The second-order valence-electron chi connectivity index (χ2n) is 5.83. The molecule has 2 nitrogen and oxygen atoms in total. The van der Waals surface area contributed by atoms with Gasteiger partial charge in [0.1, 0.15) is 0 Å². The first-order valence-corrected chi connectivity index (χ1v) is 6.72. The fraction of sp³-hybridized carbons (Fsp3) is 1.00. The zero-order chi connectivity index (χ0) is 12.6. The van der Waals surface area contributed by atoms with Crippen LogP contribution in [-0.2, 0) is 4.74 Å². The van der Waals surface area contributed by atoms with Crippen LogP contribution in [-0.4, -0.2) is 25.8 Å². The summed E-state index contributed by atoms with van der Waals surface area (Å²) < 4.78 is 5.65. The van der Waals surface area contributed by atoms with E-state index >= 15 is 0 Å². The lowest BCUT2D eigenvalue weighted by Crippen LogP contribution is -2.37. The van der Waals surface area contributed by atoms with Crippen molar-refractivity contribution in [2.45, 2.75) is 60.4 Å². The van der Waals surface area contributed by atoms with Crippen molar-refractivity contribution < 1.29 is 4.74 Å². The van der Waals surface area contributed by atoms with E-state index in [9.17, 15) is 0 Å². The van der Waals surface area contributed by atoms with Crippen LogP contribution in [0.5, 0.6) is 0 Å². The minimum Gasteiger partial charge on any atom is -0.380 e. The third-order valence-corrected chi connectivity index (χ3v) is 3.28. The van der Waals surface area contributed by atoms with Gasteiger partial charge < -0.3 is 10.1 Å². The Morgan fingerprint density at radius 3 is 2.25 bits per heavy atom. The molecular weight excluding hydrogens is 198 g/mol. The predicted molar refractivity (Wildman–Crippen MR) is 71.8 cm³/mol. The van der Waals surface area contributed by atoms with Gasteiger partial charge in [0.15, 0.2) is 0 Å². The second kappa shape index (κ2) is 8.08. The van der Waals surface area contributed by atoms with E-state index in [0.29, 0.717) is 17.4 Å². The van der Waals surface area contributed by atoms with Crippen LogP contribution in [0.4, 0.5) is 0 Å². The van der Waals surface area contributed by atoms with Crippen molar-refractivity contribution >= 4 is 0 Å². The molecule has 0 aliphatic rings. The largest absolute Gasteiger partial charge is 0.380 e. The summed E-state index contributed by atoms with van der Waals surface area (Å²) in [4.78, 5) is 0. The van der Waals surface area contributed by atoms with E-state index < -0.39 is 0 Å². The van der Waals surface area contributed by atoms with Crippen molar-refractivity contribution in [1.29, 1.82) is 0 Å². The number of hydrogen-bond donors (Lipinski definition) is 1. The molecule has 0 fully saturated rings. The summed E-state index contributed by atoms with van der Waals surface area (Å²) in [5.41, 5.74) is 0.387. The molecule has 2 heteroatoms. The zero-order valence-electron chi connectivity index (χ0n) is 12.1. The van der Waals surface area contributed by atoms with Crippen LogP contribution < -0.4 is 5.32 Å². The molecule has 0 aromatic heterocycles. The molecule has 16 heavy (non-hydrogen) atoms. The van der Waals surface area contributed by atoms with Gasteiger partial charge in [0.05, 0.1) is 6.61 Å². The van der Waals surface area contributed by atoms with Gasteiger partial charge in [-0.15, -0.1) is 0 Å². The molecule has 0 saturated heterocycles. The highest BCUT2D eigenvalue weighted by Gasteiger charge is 2.23. The molecule has 0 saturated carbocycles. The number of likely N-dealkylation sites (N-methyl/N-ethyl adjacent to an activating group) is 1. The van der Waals surface area contributed by atoms with Crippen molar-refractivity contribution in [1.82, 2.24) is 5.32 Å². The number of rotatable bonds is 8. The average molecular weight is 229 g/mol. The predicted octanol–water partition coefficient (Wildman–Crippen LogP) is 3.46. The maximum absolute atomic E-state index is 5.65. The standard InChI is InChI=1S/C14H31NO/c1-7-9-16-11-13(15-8-2)10-12(3)14(4,5)6/h12-13,15H,7-11H2,1-6H3. The first kappa shape index (κ1) is 15.9. The Morgan fingerprint density at radius 2 is 1.81 bits per heavy atom. The molecule has 98 valence electrons. The molecule has 0 aliphatic carbocycles. The summed E-state index contributed by atoms with van der Waals surface area (Å²) in [7, 11) is 0. The lowest BCUT2D eigenvalue weighted by Gasteiger charge is -2.31. The Labute approximate surface area is 102 Å². The zero-order valence-corrected chi connectivity index (χ0v) is 12.1. The summed E-state index contributed by atoms with van der Waals surface area (Å²) in [5.74, 6) is 0.710. The van der Waals surface area contributed by atoms with E-state index in [0.717, 1.165) is 26.2 Å². The first-order valence-electron chi connectivity index (χ1n) is 6.72. The highest BCUT2D eigenvalue weighted by atomic mass is 16.5. The Balaban J connectivity index is 4.01. The molecule has 0 rings (SSSR count). The average Bonchev–Trinajstić information content (AvgIpc) is 2.16. The van der Waals surface area contributed by atoms with Crippen molar-refractivity contribution in [2.75, 3.05) is 19.8 Å². The molecule has 0 bridgehead atoms. The van der Waals surface area contributed by atoms with E-state index in [2.05, 4.69) is 46.9 Å². The Bertz CT molecular complexity index is 163. The minimum absolute atomic E-state index is 0.387. The van der Waals surface area contributed by atoms with E-state index in [1.165, 1.54) is 6.42 Å². The molecule has 1 N–H and O–H groups in total. The molecule has 0 aliphatic heterocycles. The molecule has 0 spiro atoms. The molecule has 2 unspecified atom stereocenters. The Morgan fingerprint density at radius 1 is 1.19 bits per heavy atom. The van der Waals surface area contributed by atoms with E-state index in [-0.39, 0.29) is 0 Å². The van der Waals surface area contributed by atoms with Gasteiger partial charge in [-0.05, 0) is 30.7 Å². The molecule has 0 amide bonds. The van der Waals surface area contributed by atoms with Crippen molar-refractivity contribution in [3.63, 3.8) is 0 Å². The lowest BCUT2D eigenvalue weighted by atomic mass is 9.78. The smallest absolute Gasteiger partial charge is 0.0619 e. The first-order chi connectivity index (χ1) is 7.41. The van der Waals surface area contributed by atoms with Crippen molar-refractivity contribution in [3.8, 4) is 0 Å². The summed E-state index contributed by atoms with van der Waals surface area (Å²) in [5, 5.41) is 3.52. The van der Waals surface area contributed by atoms with Crippen LogP contribution in [0.3, 0.4) is 0 Å². The number of ether oxygens (including phenoxy) is 1. The fourth-order valence-electron chi connectivity index (χ4n) is 1.65. The molecule has 2 atom stereocenters. The topological polar surface area (TPSA) is 21.3 Å². The molecular formula is C14H31NO. The van der Waals surface area contributed by atoms with Gasteiger partial charge in [-0.1, -0.05) is 41.5 Å². The van der Waals surface area contributed by atoms with Crippen molar-refractivity contribution in [2.24, 2.45) is 11.3 Å². The fourth-order valence-corrected chi connectivity index (χ4v) is 1.65. The molecule has 0 heterocycles. The summed E-state index contributed by atoms with van der Waals surface area (Å²) in [6, 6.07) is 0.505. The number of nitrogens with one attached hydrogen (secondary N) is 1. The second-order valence-corrected chi connectivity index (χ2v) is 5.83. The summed E-state index contributed by atoms with van der Waals surface area (Å²) in [6.07, 6.45) is 2.30. The van der Waals surface area contributed by atoms with Gasteiger partial charge in [0.2, 0.25) is 0 Å². The van der Waals surface area contributed by atoms with Crippen LogP contribution in [0.25, 0.3) is 0 Å². The Hall–Kier alpha value is -0.0800. The van der Waals surface area contributed by atoms with E-state index in [4.69, 9.17) is 4.74 Å². The summed E-state index contributed by atoms with van der Waals surface area (Å²) in [6.45, 7) is 16.3. The highest BCUT2D eigenvalue weighted by molar-refractivity contribution is 4.76. The molecule has 0 aromatic carbocycles. The third-order valence-electron chi connectivity index (χ3n) is 3.28. The van der Waals surface area contributed by atoms with Gasteiger partial charge in [-0.25, -0.2) is 0 Å². The van der Waals surface area contributed by atoms with Gasteiger partial charge in [-0.2, -0.15) is 0 Å². The summed E-state index contributed by atoms with van der Waals surface area (Å²) >= 11 is 0. The van der Waals surface area contributed by atoms with Crippen LogP contribution in [0.15, 0.2) is 0 Å².